The van der Waals surface area contributed by atoms with E-state index in [-0.39, 0.29) is 0 Å². The summed E-state index contributed by atoms with van der Waals surface area (Å²) in [6, 6.07) is 7.85. The molecule has 0 spiro atoms. The van der Waals surface area contributed by atoms with Crippen molar-refractivity contribution in [3.63, 3.8) is 0 Å². The molecule has 0 amide bonds. The Balaban J connectivity index is 3.03. The van der Waals surface area contributed by atoms with Crippen LogP contribution in [-0.4, -0.2) is 6.34 Å². The first-order valence-electron chi connectivity index (χ1n) is 3.14. The molecule has 2 N–H and O–H groups in total. The van der Waals surface area contributed by atoms with Gasteiger partial charge < -0.3 is 5.73 Å². The summed E-state index contributed by atoms with van der Waals surface area (Å²) in [6.45, 7) is 2.00. The summed E-state index contributed by atoms with van der Waals surface area (Å²) < 4.78 is 0. The SMILES string of the molecule is Cc1ccccc1N=CN. The minimum Gasteiger partial charge on any atom is -0.390 e. The first-order valence-corrected chi connectivity index (χ1v) is 3.14. The van der Waals surface area contributed by atoms with Crippen LogP contribution in [0, 0.1) is 6.92 Å². The second kappa shape index (κ2) is 3.01. The second-order valence-electron chi connectivity index (χ2n) is 2.06. The van der Waals surface area contributed by atoms with Crippen LogP contribution in [0.25, 0.3) is 0 Å². The normalized spacial score (nSPS) is 10.5. The van der Waals surface area contributed by atoms with Gasteiger partial charge in [-0.25, -0.2) is 4.99 Å². The van der Waals surface area contributed by atoms with Crippen molar-refractivity contribution >= 4 is 12.0 Å². The maximum Gasteiger partial charge on any atom is 0.0860 e. The topological polar surface area (TPSA) is 38.4 Å². The van der Waals surface area contributed by atoms with E-state index in [1.807, 2.05) is 31.2 Å². The van der Waals surface area contributed by atoms with Gasteiger partial charge in [-0.05, 0) is 18.6 Å². The Bertz CT molecular complexity index is 241. The Morgan fingerprint density at radius 2 is 2.10 bits per heavy atom. The summed E-state index contributed by atoms with van der Waals surface area (Å²) in [4.78, 5) is 3.96. The monoisotopic (exact) mass is 134 g/mol. The highest BCUT2D eigenvalue weighted by molar-refractivity contribution is 5.60. The van der Waals surface area contributed by atoms with Crippen LogP contribution < -0.4 is 5.73 Å². The molecule has 0 aliphatic carbocycles. The average molecular weight is 134 g/mol. The molecule has 2 heteroatoms. The smallest absolute Gasteiger partial charge is 0.0860 e. The van der Waals surface area contributed by atoms with Gasteiger partial charge in [-0.3, -0.25) is 0 Å². The van der Waals surface area contributed by atoms with Gasteiger partial charge in [-0.2, -0.15) is 0 Å². The number of hydrogen-bond donors (Lipinski definition) is 1. The molecule has 0 radical (unpaired) electrons. The molecule has 0 fully saturated rings. The molecule has 0 saturated carbocycles. The summed E-state index contributed by atoms with van der Waals surface area (Å²) in [5.74, 6) is 0. The molecule has 0 atom stereocenters. The zero-order valence-electron chi connectivity index (χ0n) is 5.91. The van der Waals surface area contributed by atoms with Gasteiger partial charge in [0.05, 0.1) is 12.0 Å². The van der Waals surface area contributed by atoms with E-state index in [4.69, 9.17) is 5.73 Å². The molecule has 10 heavy (non-hydrogen) atoms. The third-order valence-corrected chi connectivity index (χ3v) is 1.33. The Hall–Kier alpha value is -1.31. The van der Waals surface area contributed by atoms with E-state index >= 15 is 0 Å². The highest BCUT2D eigenvalue weighted by Crippen LogP contribution is 2.15. The summed E-state index contributed by atoms with van der Waals surface area (Å²) in [5.41, 5.74) is 7.22. The number of benzene rings is 1. The molecular formula is C8H10N2. The maximum atomic E-state index is 5.14. The van der Waals surface area contributed by atoms with Crippen molar-refractivity contribution in [2.24, 2.45) is 10.7 Å². The molecule has 0 unspecified atom stereocenters. The zero-order chi connectivity index (χ0) is 7.40. The Morgan fingerprint density at radius 3 is 2.70 bits per heavy atom. The van der Waals surface area contributed by atoms with Crippen LogP contribution in [0.3, 0.4) is 0 Å². The highest BCUT2D eigenvalue weighted by atomic mass is 14.8. The number of rotatable bonds is 1. The lowest BCUT2D eigenvalue weighted by atomic mass is 10.2. The molecule has 2 nitrogen and oxygen atoms in total. The van der Waals surface area contributed by atoms with Crippen LogP contribution in [0.5, 0.6) is 0 Å². The van der Waals surface area contributed by atoms with E-state index < -0.39 is 0 Å². The molecule has 0 aliphatic heterocycles. The molecule has 1 aromatic rings. The van der Waals surface area contributed by atoms with Crippen molar-refractivity contribution in [3.05, 3.63) is 29.8 Å². The Kier molecular flexibility index (Phi) is 2.05. The van der Waals surface area contributed by atoms with Gasteiger partial charge in [-0.15, -0.1) is 0 Å². The lowest BCUT2D eigenvalue weighted by Crippen LogP contribution is -1.86. The summed E-state index contributed by atoms with van der Waals surface area (Å²) >= 11 is 0. The molecule has 1 aromatic carbocycles. The lowest BCUT2D eigenvalue weighted by Gasteiger charge is -1.95. The fourth-order valence-corrected chi connectivity index (χ4v) is 0.789. The van der Waals surface area contributed by atoms with Crippen molar-refractivity contribution < 1.29 is 0 Å². The standard InChI is InChI=1S/C8H10N2/c1-7-4-2-3-5-8(7)10-6-9/h2-6H,1H3,(H2,9,10). The molecule has 0 aromatic heterocycles. The summed E-state index contributed by atoms with van der Waals surface area (Å²) in [6.07, 6.45) is 1.31. The fraction of sp³-hybridized carbons (Fsp3) is 0.125. The molecule has 52 valence electrons. The quantitative estimate of drug-likeness (QED) is 0.460. The van der Waals surface area contributed by atoms with Crippen molar-refractivity contribution in [1.29, 1.82) is 0 Å². The van der Waals surface area contributed by atoms with E-state index in [0.29, 0.717) is 0 Å². The van der Waals surface area contributed by atoms with E-state index in [1.54, 1.807) is 0 Å². The Labute approximate surface area is 60.4 Å². The third kappa shape index (κ3) is 1.35. The average Bonchev–Trinajstić information content (AvgIpc) is 1.94. The minimum absolute atomic E-state index is 0.935. The highest BCUT2D eigenvalue weighted by Gasteiger charge is 1.89. The number of hydrogen-bond acceptors (Lipinski definition) is 1. The molecular weight excluding hydrogens is 124 g/mol. The van der Waals surface area contributed by atoms with Gasteiger partial charge in [0.25, 0.3) is 0 Å². The van der Waals surface area contributed by atoms with Crippen molar-refractivity contribution in [1.82, 2.24) is 0 Å². The maximum absolute atomic E-state index is 5.14. The van der Waals surface area contributed by atoms with Crippen LogP contribution in [-0.2, 0) is 0 Å². The van der Waals surface area contributed by atoms with Crippen molar-refractivity contribution in [2.75, 3.05) is 0 Å². The largest absolute Gasteiger partial charge is 0.390 e. The second-order valence-corrected chi connectivity index (χ2v) is 2.06. The molecule has 1 rings (SSSR count). The molecule has 0 aliphatic rings. The predicted octanol–water partition coefficient (Wildman–Crippen LogP) is 1.61. The van der Waals surface area contributed by atoms with Crippen molar-refractivity contribution in [2.45, 2.75) is 6.92 Å². The van der Waals surface area contributed by atoms with E-state index in [1.165, 1.54) is 6.34 Å². The number of para-hydroxylation sites is 1. The Morgan fingerprint density at radius 1 is 1.40 bits per heavy atom. The van der Waals surface area contributed by atoms with Gasteiger partial charge in [0, 0.05) is 0 Å². The number of nitrogens with zero attached hydrogens (tertiary/aromatic N) is 1. The number of aryl methyl sites for hydroxylation is 1. The van der Waals surface area contributed by atoms with Gasteiger partial charge in [0.15, 0.2) is 0 Å². The molecule has 0 heterocycles. The van der Waals surface area contributed by atoms with Crippen molar-refractivity contribution in [3.8, 4) is 0 Å². The summed E-state index contributed by atoms with van der Waals surface area (Å²) in [7, 11) is 0. The minimum atomic E-state index is 0.935. The predicted molar refractivity (Wildman–Crippen MR) is 43.5 cm³/mol. The fourth-order valence-electron chi connectivity index (χ4n) is 0.789. The lowest BCUT2D eigenvalue weighted by molar-refractivity contribution is 1.40. The first kappa shape index (κ1) is 6.81. The van der Waals surface area contributed by atoms with Crippen LogP contribution in [0.2, 0.25) is 0 Å². The number of nitrogens with two attached hydrogens (primary N) is 1. The van der Waals surface area contributed by atoms with Crippen LogP contribution in [0.15, 0.2) is 29.3 Å². The van der Waals surface area contributed by atoms with Gasteiger partial charge in [0.1, 0.15) is 0 Å². The van der Waals surface area contributed by atoms with Gasteiger partial charge in [0.2, 0.25) is 0 Å². The van der Waals surface area contributed by atoms with E-state index in [0.717, 1.165) is 11.3 Å². The van der Waals surface area contributed by atoms with Gasteiger partial charge >= 0.3 is 0 Å². The first-order chi connectivity index (χ1) is 4.84. The molecule has 0 saturated heterocycles. The van der Waals surface area contributed by atoms with E-state index in [9.17, 15) is 0 Å². The van der Waals surface area contributed by atoms with Crippen LogP contribution in [0.4, 0.5) is 5.69 Å². The summed E-state index contributed by atoms with van der Waals surface area (Å²) in [5, 5.41) is 0. The molecule has 0 bridgehead atoms. The third-order valence-electron chi connectivity index (χ3n) is 1.33. The number of aliphatic imine (C=N–C) groups is 1. The van der Waals surface area contributed by atoms with Crippen LogP contribution >= 0.6 is 0 Å². The zero-order valence-corrected chi connectivity index (χ0v) is 5.91. The van der Waals surface area contributed by atoms with E-state index in [2.05, 4.69) is 4.99 Å². The van der Waals surface area contributed by atoms with Gasteiger partial charge in [-0.1, -0.05) is 18.2 Å². The van der Waals surface area contributed by atoms with Crippen LogP contribution in [0.1, 0.15) is 5.56 Å².